The number of aliphatic hydroxyl groups is 1. The zero-order chi connectivity index (χ0) is 19.2. The summed E-state index contributed by atoms with van der Waals surface area (Å²) < 4.78 is 5.55. The summed E-state index contributed by atoms with van der Waals surface area (Å²) in [5.41, 5.74) is -0.246. The van der Waals surface area contributed by atoms with Crippen molar-refractivity contribution in [3.8, 4) is 0 Å². The molecule has 1 unspecified atom stereocenters. The minimum Gasteiger partial charge on any atom is -0.466 e. The first-order valence-corrected chi connectivity index (χ1v) is 9.86. The Bertz CT molecular complexity index is 587. The van der Waals surface area contributed by atoms with Gasteiger partial charge in [-0.3, -0.25) is 0 Å². The summed E-state index contributed by atoms with van der Waals surface area (Å²) in [5.74, 6) is 3.16. The van der Waals surface area contributed by atoms with E-state index in [1.165, 1.54) is 25.9 Å². The van der Waals surface area contributed by atoms with E-state index in [-0.39, 0.29) is 6.54 Å². The largest absolute Gasteiger partial charge is 0.466 e. The fraction of sp³-hybridized carbons (Fsp3) is 0.750. The van der Waals surface area contributed by atoms with Crippen LogP contribution in [-0.2, 0) is 5.60 Å². The van der Waals surface area contributed by atoms with Gasteiger partial charge in [0.2, 0.25) is 0 Å². The van der Waals surface area contributed by atoms with E-state index in [9.17, 15) is 5.11 Å². The van der Waals surface area contributed by atoms with Crippen molar-refractivity contribution in [1.29, 1.82) is 0 Å². The number of aryl methyl sites for hydroxylation is 2. The molecular weight excluding hydrogens is 328 g/mol. The van der Waals surface area contributed by atoms with Crippen LogP contribution in [0.15, 0.2) is 15.5 Å². The lowest BCUT2D eigenvalue weighted by Crippen LogP contribution is -2.44. The van der Waals surface area contributed by atoms with Gasteiger partial charge in [0.15, 0.2) is 5.96 Å². The number of aliphatic imine (C=N–C) groups is 1. The molecule has 6 heteroatoms. The molecule has 2 rings (SSSR count). The SMILES string of the molecule is CCNC(=NCC(C)(O)c1cc(C)oc1C)NCCN1CCC(C)CC1. The Hall–Kier alpha value is -1.53. The van der Waals surface area contributed by atoms with Crippen molar-refractivity contribution < 1.29 is 9.52 Å². The quantitative estimate of drug-likeness (QED) is 0.512. The normalized spacial score (nSPS) is 19.4. The van der Waals surface area contributed by atoms with E-state index in [2.05, 4.69) is 27.4 Å². The molecule has 1 saturated heterocycles. The molecule has 1 atom stereocenters. The highest BCUT2D eigenvalue weighted by atomic mass is 16.3. The van der Waals surface area contributed by atoms with Crippen LogP contribution >= 0.6 is 0 Å². The Morgan fingerprint density at radius 3 is 2.62 bits per heavy atom. The lowest BCUT2D eigenvalue weighted by Gasteiger charge is -2.30. The molecular formula is C20H36N4O2. The molecule has 148 valence electrons. The second-order valence-electron chi connectivity index (χ2n) is 7.75. The average molecular weight is 365 g/mol. The molecule has 1 fully saturated rings. The maximum absolute atomic E-state index is 10.8. The molecule has 3 N–H and O–H groups in total. The van der Waals surface area contributed by atoms with Crippen LogP contribution in [0.3, 0.4) is 0 Å². The Morgan fingerprint density at radius 1 is 1.35 bits per heavy atom. The molecule has 0 aliphatic carbocycles. The van der Waals surface area contributed by atoms with Gasteiger partial charge in [0, 0.05) is 25.2 Å². The smallest absolute Gasteiger partial charge is 0.191 e. The molecule has 0 spiro atoms. The molecule has 0 radical (unpaired) electrons. The monoisotopic (exact) mass is 364 g/mol. The number of hydrogen-bond acceptors (Lipinski definition) is 4. The second kappa shape index (κ2) is 9.42. The van der Waals surface area contributed by atoms with Crippen LogP contribution in [0, 0.1) is 19.8 Å². The zero-order valence-electron chi connectivity index (χ0n) is 17.1. The fourth-order valence-electron chi connectivity index (χ4n) is 3.44. The Morgan fingerprint density at radius 2 is 2.04 bits per heavy atom. The van der Waals surface area contributed by atoms with Crippen LogP contribution in [0.4, 0.5) is 0 Å². The van der Waals surface area contributed by atoms with Gasteiger partial charge in [0.25, 0.3) is 0 Å². The van der Waals surface area contributed by atoms with Crippen molar-refractivity contribution in [2.45, 2.75) is 53.1 Å². The van der Waals surface area contributed by atoms with Gasteiger partial charge in [-0.25, -0.2) is 4.99 Å². The molecule has 1 aliphatic rings. The van der Waals surface area contributed by atoms with Crippen LogP contribution in [0.1, 0.15) is 50.7 Å². The average Bonchev–Trinajstić information content (AvgIpc) is 2.94. The van der Waals surface area contributed by atoms with Gasteiger partial charge in [0.1, 0.15) is 17.1 Å². The van der Waals surface area contributed by atoms with E-state index in [1.54, 1.807) is 6.92 Å². The lowest BCUT2D eigenvalue weighted by molar-refractivity contribution is 0.0657. The summed E-state index contributed by atoms with van der Waals surface area (Å²) >= 11 is 0. The van der Waals surface area contributed by atoms with Crippen LogP contribution in [0.2, 0.25) is 0 Å². The number of furan rings is 1. The van der Waals surface area contributed by atoms with Gasteiger partial charge >= 0.3 is 0 Å². The third-order valence-electron chi connectivity index (χ3n) is 5.11. The Balaban J connectivity index is 1.88. The van der Waals surface area contributed by atoms with Gasteiger partial charge in [-0.2, -0.15) is 0 Å². The van der Waals surface area contributed by atoms with Crippen molar-refractivity contribution in [3.05, 3.63) is 23.2 Å². The number of nitrogens with zero attached hydrogens (tertiary/aromatic N) is 2. The zero-order valence-corrected chi connectivity index (χ0v) is 17.1. The van der Waals surface area contributed by atoms with E-state index >= 15 is 0 Å². The molecule has 0 bridgehead atoms. The summed E-state index contributed by atoms with van der Waals surface area (Å²) in [6, 6.07) is 1.89. The minimum absolute atomic E-state index is 0.281. The first-order valence-electron chi connectivity index (χ1n) is 9.86. The summed E-state index contributed by atoms with van der Waals surface area (Å²) in [7, 11) is 0. The van der Waals surface area contributed by atoms with Crippen molar-refractivity contribution in [3.63, 3.8) is 0 Å². The van der Waals surface area contributed by atoms with Gasteiger partial charge in [0.05, 0.1) is 6.54 Å². The Labute approximate surface area is 158 Å². The summed E-state index contributed by atoms with van der Waals surface area (Å²) in [6.45, 7) is 15.3. The summed E-state index contributed by atoms with van der Waals surface area (Å²) in [6.07, 6.45) is 2.58. The predicted molar refractivity (Wildman–Crippen MR) is 107 cm³/mol. The van der Waals surface area contributed by atoms with Crippen molar-refractivity contribution in [2.24, 2.45) is 10.9 Å². The molecule has 1 aromatic heterocycles. The molecule has 6 nitrogen and oxygen atoms in total. The molecule has 0 saturated carbocycles. The van der Waals surface area contributed by atoms with E-state index in [1.807, 2.05) is 26.8 Å². The highest BCUT2D eigenvalue weighted by Gasteiger charge is 2.27. The van der Waals surface area contributed by atoms with Crippen LogP contribution < -0.4 is 10.6 Å². The topological polar surface area (TPSA) is 73.0 Å². The molecule has 2 heterocycles. The first-order chi connectivity index (χ1) is 12.3. The molecule has 0 amide bonds. The van der Waals surface area contributed by atoms with Gasteiger partial charge < -0.3 is 25.1 Å². The molecule has 1 aliphatic heterocycles. The lowest BCUT2D eigenvalue weighted by atomic mass is 9.96. The molecule has 0 aromatic carbocycles. The highest BCUT2D eigenvalue weighted by Crippen LogP contribution is 2.27. The summed E-state index contributed by atoms with van der Waals surface area (Å²) in [4.78, 5) is 7.10. The number of rotatable bonds is 7. The first kappa shape index (κ1) is 20.8. The van der Waals surface area contributed by atoms with Gasteiger partial charge in [-0.15, -0.1) is 0 Å². The maximum atomic E-state index is 10.8. The fourth-order valence-corrected chi connectivity index (χ4v) is 3.44. The van der Waals surface area contributed by atoms with Gasteiger partial charge in [-0.05, 0) is 65.6 Å². The Kier molecular flexibility index (Phi) is 7.53. The molecule has 1 aromatic rings. The number of guanidine groups is 1. The van der Waals surface area contributed by atoms with Crippen molar-refractivity contribution in [2.75, 3.05) is 39.3 Å². The number of piperidine rings is 1. The number of likely N-dealkylation sites (tertiary alicyclic amines) is 1. The van der Waals surface area contributed by atoms with Crippen molar-refractivity contribution in [1.82, 2.24) is 15.5 Å². The predicted octanol–water partition coefficient (Wildman–Crippen LogP) is 2.39. The van der Waals surface area contributed by atoms with Crippen molar-refractivity contribution >= 4 is 5.96 Å². The van der Waals surface area contributed by atoms with E-state index in [0.29, 0.717) is 0 Å². The van der Waals surface area contributed by atoms with E-state index in [0.717, 1.165) is 48.6 Å². The third kappa shape index (κ3) is 6.02. The van der Waals surface area contributed by atoms with Crippen LogP contribution in [0.5, 0.6) is 0 Å². The number of nitrogens with one attached hydrogen (secondary N) is 2. The molecule has 26 heavy (non-hydrogen) atoms. The third-order valence-corrected chi connectivity index (χ3v) is 5.11. The van der Waals surface area contributed by atoms with Gasteiger partial charge in [-0.1, -0.05) is 6.92 Å². The number of hydrogen-bond donors (Lipinski definition) is 3. The maximum Gasteiger partial charge on any atom is 0.191 e. The van der Waals surface area contributed by atoms with Crippen LogP contribution in [-0.4, -0.2) is 55.2 Å². The second-order valence-corrected chi connectivity index (χ2v) is 7.75. The van der Waals surface area contributed by atoms with E-state index < -0.39 is 5.60 Å². The van der Waals surface area contributed by atoms with Crippen LogP contribution in [0.25, 0.3) is 0 Å². The minimum atomic E-state index is -1.05. The standard InChI is InChI=1S/C20H36N4O2/c1-6-21-19(22-9-12-24-10-7-15(2)8-11-24)23-14-20(5,25)18-13-16(3)26-17(18)4/h13,15,25H,6-12,14H2,1-5H3,(H2,21,22,23). The highest BCUT2D eigenvalue weighted by molar-refractivity contribution is 5.79. The van der Waals surface area contributed by atoms with E-state index in [4.69, 9.17) is 4.42 Å². The summed E-state index contributed by atoms with van der Waals surface area (Å²) in [5, 5.41) is 17.5.